The molecule has 0 aromatic carbocycles. The molecule has 1 amide bonds. The molecule has 0 spiro atoms. The number of rotatable bonds is 6. The first kappa shape index (κ1) is 12.5. The summed E-state index contributed by atoms with van der Waals surface area (Å²) in [4.78, 5) is 13.9. The van der Waals surface area contributed by atoms with E-state index in [0.29, 0.717) is 11.9 Å². The fraction of sp³-hybridized carbons (Fsp3) is 0.917. The molecular weight excluding hydrogens is 188 g/mol. The largest absolute Gasteiger partial charge is 0.326 e. The summed E-state index contributed by atoms with van der Waals surface area (Å²) in [5, 5.41) is 3.25. The van der Waals surface area contributed by atoms with Gasteiger partial charge in [0.05, 0.1) is 12.7 Å². The maximum atomic E-state index is 11.9. The zero-order chi connectivity index (χ0) is 11.3. The number of carbonyl (C=O) groups excluding carboxylic acids is 1. The van der Waals surface area contributed by atoms with Crippen LogP contribution in [0.4, 0.5) is 0 Å². The van der Waals surface area contributed by atoms with E-state index in [2.05, 4.69) is 26.1 Å². The lowest BCUT2D eigenvalue weighted by Crippen LogP contribution is -2.36. The van der Waals surface area contributed by atoms with Gasteiger partial charge in [0.15, 0.2) is 0 Å². The first-order valence-electron chi connectivity index (χ1n) is 6.24. The molecule has 1 saturated heterocycles. The molecule has 2 atom stereocenters. The van der Waals surface area contributed by atoms with Crippen LogP contribution >= 0.6 is 0 Å². The van der Waals surface area contributed by atoms with Gasteiger partial charge >= 0.3 is 0 Å². The molecule has 2 unspecified atom stereocenters. The fourth-order valence-electron chi connectivity index (χ4n) is 2.11. The van der Waals surface area contributed by atoms with E-state index in [-0.39, 0.29) is 6.04 Å². The van der Waals surface area contributed by atoms with Gasteiger partial charge in [-0.1, -0.05) is 33.1 Å². The van der Waals surface area contributed by atoms with E-state index in [9.17, 15) is 4.79 Å². The van der Waals surface area contributed by atoms with Gasteiger partial charge in [-0.15, -0.1) is 0 Å². The minimum Gasteiger partial charge on any atom is -0.326 e. The van der Waals surface area contributed by atoms with Crippen molar-refractivity contribution < 1.29 is 4.79 Å². The lowest BCUT2D eigenvalue weighted by Gasteiger charge is -2.23. The molecule has 3 heteroatoms. The zero-order valence-electron chi connectivity index (χ0n) is 10.3. The van der Waals surface area contributed by atoms with Gasteiger partial charge in [0.25, 0.3) is 0 Å². The van der Waals surface area contributed by atoms with Crippen LogP contribution in [0.15, 0.2) is 0 Å². The Hall–Kier alpha value is -0.570. The van der Waals surface area contributed by atoms with Gasteiger partial charge in [0, 0.05) is 6.04 Å². The van der Waals surface area contributed by atoms with Gasteiger partial charge in [-0.05, 0) is 19.8 Å². The predicted octanol–water partition coefficient (Wildman–Crippen LogP) is 2.12. The number of carbonyl (C=O) groups is 1. The summed E-state index contributed by atoms with van der Waals surface area (Å²) in [6, 6.07) is 0.465. The van der Waals surface area contributed by atoms with Crippen molar-refractivity contribution in [2.24, 2.45) is 0 Å². The second kappa shape index (κ2) is 6.11. The topological polar surface area (TPSA) is 32.3 Å². The van der Waals surface area contributed by atoms with Crippen LogP contribution in [-0.2, 0) is 4.79 Å². The van der Waals surface area contributed by atoms with Crippen LogP contribution in [0.1, 0.15) is 52.9 Å². The van der Waals surface area contributed by atoms with Crippen molar-refractivity contribution in [3.63, 3.8) is 0 Å². The second-order valence-electron chi connectivity index (χ2n) is 4.48. The number of hydrogen-bond acceptors (Lipinski definition) is 2. The Labute approximate surface area is 93.2 Å². The molecule has 0 aromatic heterocycles. The van der Waals surface area contributed by atoms with E-state index in [1.54, 1.807) is 0 Å². The molecule has 1 aliphatic rings. The highest BCUT2D eigenvalue weighted by atomic mass is 16.2. The van der Waals surface area contributed by atoms with Crippen LogP contribution in [0, 0.1) is 0 Å². The van der Waals surface area contributed by atoms with Gasteiger partial charge in [-0.25, -0.2) is 0 Å². The van der Waals surface area contributed by atoms with Crippen molar-refractivity contribution in [2.75, 3.05) is 6.67 Å². The molecule has 0 radical (unpaired) electrons. The van der Waals surface area contributed by atoms with Crippen LogP contribution in [0.3, 0.4) is 0 Å². The summed E-state index contributed by atoms with van der Waals surface area (Å²) in [5.74, 6) is 0.293. The summed E-state index contributed by atoms with van der Waals surface area (Å²) in [6.45, 7) is 7.17. The average Bonchev–Trinajstić information content (AvgIpc) is 2.60. The smallest absolute Gasteiger partial charge is 0.241 e. The predicted molar refractivity (Wildman–Crippen MR) is 62.5 cm³/mol. The minimum atomic E-state index is 0.0682. The van der Waals surface area contributed by atoms with E-state index >= 15 is 0 Å². The van der Waals surface area contributed by atoms with Crippen molar-refractivity contribution in [2.45, 2.75) is 65.0 Å². The standard InChI is InChI=1S/C12H24N2O/c1-4-6-7-8-10(3)14-9-13-11(5-2)12(14)15/h10-11,13H,4-9H2,1-3H3. The summed E-state index contributed by atoms with van der Waals surface area (Å²) in [6.07, 6.45) is 5.79. The van der Waals surface area contributed by atoms with Crippen molar-refractivity contribution in [1.82, 2.24) is 10.2 Å². The molecule has 0 bridgehead atoms. The Morgan fingerprint density at radius 3 is 2.73 bits per heavy atom. The number of amides is 1. The average molecular weight is 212 g/mol. The van der Waals surface area contributed by atoms with Crippen molar-refractivity contribution >= 4 is 5.91 Å². The summed E-state index contributed by atoms with van der Waals surface area (Å²) in [5.41, 5.74) is 0. The quantitative estimate of drug-likeness (QED) is 0.684. The molecule has 15 heavy (non-hydrogen) atoms. The highest BCUT2D eigenvalue weighted by Crippen LogP contribution is 2.15. The van der Waals surface area contributed by atoms with Crippen LogP contribution in [0.5, 0.6) is 0 Å². The third-order valence-corrected chi connectivity index (χ3v) is 3.25. The number of nitrogens with zero attached hydrogens (tertiary/aromatic N) is 1. The number of nitrogens with one attached hydrogen (secondary N) is 1. The molecule has 1 heterocycles. The lowest BCUT2D eigenvalue weighted by atomic mass is 10.1. The van der Waals surface area contributed by atoms with Crippen LogP contribution < -0.4 is 5.32 Å². The van der Waals surface area contributed by atoms with E-state index < -0.39 is 0 Å². The van der Waals surface area contributed by atoms with E-state index in [1.165, 1.54) is 19.3 Å². The SMILES string of the molecule is CCCCCC(C)N1CNC(CC)C1=O. The molecular formula is C12H24N2O. The van der Waals surface area contributed by atoms with Gasteiger partial charge in [0.2, 0.25) is 5.91 Å². The zero-order valence-corrected chi connectivity index (χ0v) is 10.3. The monoisotopic (exact) mass is 212 g/mol. The van der Waals surface area contributed by atoms with Crippen LogP contribution in [0.2, 0.25) is 0 Å². The van der Waals surface area contributed by atoms with Gasteiger partial charge in [0.1, 0.15) is 0 Å². The molecule has 0 aromatic rings. The molecule has 0 saturated carbocycles. The molecule has 88 valence electrons. The number of unbranched alkanes of at least 4 members (excludes halogenated alkanes) is 2. The van der Waals surface area contributed by atoms with E-state index in [0.717, 1.165) is 19.5 Å². The minimum absolute atomic E-state index is 0.0682. The Morgan fingerprint density at radius 2 is 2.20 bits per heavy atom. The normalized spacial score (nSPS) is 23.5. The van der Waals surface area contributed by atoms with Gasteiger partial charge < -0.3 is 4.90 Å². The van der Waals surface area contributed by atoms with Crippen molar-refractivity contribution in [3.05, 3.63) is 0 Å². The third kappa shape index (κ3) is 3.20. The summed E-state index contributed by atoms with van der Waals surface area (Å²) in [7, 11) is 0. The summed E-state index contributed by atoms with van der Waals surface area (Å²) < 4.78 is 0. The Kier molecular flexibility index (Phi) is 5.09. The molecule has 3 nitrogen and oxygen atoms in total. The van der Waals surface area contributed by atoms with Crippen molar-refractivity contribution in [1.29, 1.82) is 0 Å². The van der Waals surface area contributed by atoms with Gasteiger partial charge in [-0.3, -0.25) is 10.1 Å². The summed E-state index contributed by atoms with van der Waals surface area (Å²) >= 11 is 0. The first-order chi connectivity index (χ1) is 7.20. The molecule has 1 fully saturated rings. The third-order valence-electron chi connectivity index (χ3n) is 3.25. The second-order valence-corrected chi connectivity index (χ2v) is 4.48. The lowest BCUT2D eigenvalue weighted by molar-refractivity contribution is -0.130. The molecule has 1 aliphatic heterocycles. The molecule has 1 rings (SSSR count). The highest BCUT2D eigenvalue weighted by molar-refractivity contribution is 5.83. The van der Waals surface area contributed by atoms with Gasteiger partial charge in [-0.2, -0.15) is 0 Å². The Balaban J connectivity index is 2.34. The maximum Gasteiger partial charge on any atom is 0.241 e. The maximum absolute atomic E-state index is 11.9. The fourth-order valence-corrected chi connectivity index (χ4v) is 2.11. The Morgan fingerprint density at radius 1 is 1.47 bits per heavy atom. The van der Waals surface area contributed by atoms with Crippen LogP contribution in [0.25, 0.3) is 0 Å². The van der Waals surface area contributed by atoms with E-state index in [4.69, 9.17) is 0 Å². The molecule has 0 aliphatic carbocycles. The van der Waals surface area contributed by atoms with Crippen molar-refractivity contribution in [3.8, 4) is 0 Å². The molecule has 1 N–H and O–H groups in total. The number of hydrogen-bond donors (Lipinski definition) is 1. The Bertz CT molecular complexity index is 206. The first-order valence-corrected chi connectivity index (χ1v) is 6.24. The van der Waals surface area contributed by atoms with Crippen LogP contribution in [-0.4, -0.2) is 29.6 Å². The van der Waals surface area contributed by atoms with E-state index in [1.807, 2.05) is 4.90 Å². The highest BCUT2D eigenvalue weighted by Gasteiger charge is 2.31.